The van der Waals surface area contributed by atoms with E-state index in [1.54, 1.807) is 0 Å². The van der Waals surface area contributed by atoms with Gasteiger partial charge in [0.1, 0.15) is 5.82 Å². The van der Waals surface area contributed by atoms with Crippen molar-refractivity contribution in [3.63, 3.8) is 0 Å². The topological polar surface area (TPSA) is 109 Å². The predicted octanol–water partition coefficient (Wildman–Crippen LogP) is 6.46. The Morgan fingerprint density at radius 2 is 1.63 bits per heavy atom. The van der Waals surface area contributed by atoms with Crippen molar-refractivity contribution in [1.82, 2.24) is 10.2 Å². The molecule has 6 rings (SSSR count). The molecule has 3 fully saturated rings. The number of anilines is 1. The van der Waals surface area contributed by atoms with Gasteiger partial charge in [-0.15, -0.1) is 0 Å². The van der Waals surface area contributed by atoms with Gasteiger partial charge in [-0.25, -0.2) is 0 Å². The molecule has 0 aliphatic heterocycles. The Hall–Kier alpha value is -2.11. The second kappa shape index (κ2) is 7.14. The van der Waals surface area contributed by atoms with Crippen LogP contribution in [0.25, 0.3) is 0 Å². The van der Waals surface area contributed by atoms with E-state index in [0.717, 1.165) is 49.8 Å². The lowest BCUT2D eigenvalue weighted by Gasteiger charge is -2.72. The van der Waals surface area contributed by atoms with Gasteiger partial charge in [0.05, 0.1) is 5.41 Å². The van der Waals surface area contributed by atoms with Crippen LogP contribution in [0.3, 0.4) is 0 Å². The van der Waals surface area contributed by atoms with E-state index >= 15 is 0 Å². The Morgan fingerprint density at radius 3 is 2.29 bits per heavy atom. The van der Waals surface area contributed by atoms with Gasteiger partial charge < -0.3 is 10.8 Å². The number of aliphatic carboxylic acids is 1. The molecular formula is C32H47N3O3. The number of carboxylic acids is 1. The van der Waals surface area contributed by atoms with Crippen molar-refractivity contribution >= 4 is 17.6 Å². The molecule has 6 nitrogen and oxygen atoms in total. The number of hydrogen-bond acceptors (Lipinski definition) is 4. The van der Waals surface area contributed by atoms with Crippen molar-refractivity contribution in [3.05, 3.63) is 22.9 Å². The van der Waals surface area contributed by atoms with Crippen LogP contribution in [0.15, 0.2) is 11.6 Å². The van der Waals surface area contributed by atoms with Crippen molar-refractivity contribution in [2.45, 2.75) is 112 Å². The highest BCUT2D eigenvalue weighted by Crippen LogP contribution is 2.77. The standard InChI is InChI=1S/C32H47N3O3/c1-26(2)9-13-32(25(37)38)14-11-29(6)22(19(32)17-26)20(36)15-21-28(29,5)10-12-31(8)27(3,4)23-18(16-30(21,31)7)24(33)35-34-23/h15,19,22H,9-14,16-17H2,1-8H3,(H,37,38)(H3,33,34,35)/t19-,22?,28+,29+,30+,31-,32-/m0/s1. The second-order valence-electron chi connectivity index (χ2n) is 16.1. The lowest BCUT2D eigenvalue weighted by Crippen LogP contribution is -2.68. The van der Waals surface area contributed by atoms with Gasteiger partial charge in [-0.1, -0.05) is 61.0 Å². The number of carbonyl (C=O) groups is 2. The number of aromatic nitrogens is 2. The summed E-state index contributed by atoms with van der Waals surface area (Å²) in [4.78, 5) is 27.4. The summed E-state index contributed by atoms with van der Waals surface area (Å²) in [5.74, 6) is -0.316. The van der Waals surface area contributed by atoms with Gasteiger partial charge in [-0.05, 0) is 90.4 Å². The fraction of sp³-hybridized carbons (Fsp3) is 0.781. The first kappa shape index (κ1) is 26.1. The van der Waals surface area contributed by atoms with Gasteiger partial charge in [-0.3, -0.25) is 14.7 Å². The van der Waals surface area contributed by atoms with Gasteiger partial charge in [0.2, 0.25) is 0 Å². The zero-order valence-corrected chi connectivity index (χ0v) is 24.7. The monoisotopic (exact) mass is 521 g/mol. The molecule has 0 amide bonds. The molecule has 0 spiro atoms. The average Bonchev–Trinajstić information content (AvgIpc) is 3.18. The lowest BCUT2D eigenvalue weighted by atomic mass is 9.31. The number of nitrogen functional groups attached to an aromatic ring is 1. The number of rotatable bonds is 1. The maximum Gasteiger partial charge on any atom is 0.309 e. The number of aromatic amines is 1. The first-order chi connectivity index (χ1) is 17.4. The minimum atomic E-state index is -0.781. The van der Waals surface area contributed by atoms with E-state index < -0.39 is 11.4 Å². The highest BCUT2D eigenvalue weighted by atomic mass is 16.4. The fourth-order valence-corrected chi connectivity index (χ4v) is 10.9. The smallest absolute Gasteiger partial charge is 0.309 e. The molecule has 1 aromatic rings. The van der Waals surface area contributed by atoms with Gasteiger partial charge in [0, 0.05) is 22.6 Å². The summed E-state index contributed by atoms with van der Waals surface area (Å²) < 4.78 is 0. The van der Waals surface area contributed by atoms with Crippen molar-refractivity contribution in [3.8, 4) is 0 Å². The number of hydrogen-bond donors (Lipinski definition) is 3. The molecule has 1 aromatic heterocycles. The van der Waals surface area contributed by atoms with Crippen LogP contribution in [0.2, 0.25) is 0 Å². The van der Waals surface area contributed by atoms with Gasteiger partial charge >= 0.3 is 5.97 Å². The Bertz CT molecular complexity index is 1290. The molecule has 6 heteroatoms. The summed E-state index contributed by atoms with van der Waals surface area (Å²) >= 11 is 0. The van der Waals surface area contributed by atoms with E-state index in [-0.39, 0.29) is 50.1 Å². The SMILES string of the molecule is CC1(C)CC[C@]2(C(=O)O)CC[C@]3(C)C(C(=O)C=C4[C@@]5(C)Cc6c(N)n[nH]c6C(C)(C)[C@]5(C)CC[C@]43C)[C@@H]2C1. The third kappa shape index (κ3) is 2.68. The molecule has 1 heterocycles. The summed E-state index contributed by atoms with van der Waals surface area (Å²) in [6.07, 6.45) is 8.69. The summed E-state index contributed by atoms with van der Waals surface area (Å²) in [6, 6.07) is 0. The Balaban J connectivity index is 1.55. The van der Waals surface area contributed by atoms with Crippen LogP contribution >= 0.6 is 0 Å². The quantitative estimate of drug-likeness (QED) is 0.393. The minimum absolute atomic E-state index is 0.0484. The van der Waals surface area contributed by atoms with Crippen molar-refractivity contribution in [2.75, 3.05) is 5.73 Å². The average molecular weight is 522 g/mol. The number of allylic oxidation sites excluding steroid dienone is 2. The lowest BCUT2D eigenvalue weighted by molar-refractivity contribution is -0.192. The molecular weight excluding hydrogens is 474 g/mol. The zero-order valence-electron chi connectivity index (χ0n) is 24.7. The highest BCUT2D eigenvalue weighted by molar-refractivity contribution is 5.96. The van der Waals surface area contributed by atoms with Crippen LogP contribution < -0.4 is 5.73 Å². The zero-order chi connectivity index (χ0) is 27.9. The molecule has 4 N–H and O–H groups in total. The number of carbonyl (C=O) groups excluding carboxylic acids is 1. The minimum Gasteiger partial charge on any atom is -0.481 e. The third-order valence-corrected chi connectivity index (χ3v) is 14.2. The first-order valence-electron chi connectivity index (χ1n) is 14.7. The number of fused-ring (bicyclic) bond motifs is 8. The van der Waals surface area contributed by atoms with Crippen molar-refractivity contribution in [2.24, 2.45) is 44.3 Å². The number of ketones is 1. The Kier molecular flexibility index (Phi) is 4.91. The van der Waals surface area contributed by atoms with Crippen LogP contribution in [0.4, 0.5) is 5.82 Å². The number of nitrogens with one attached hydrogen (secondary N) is 1. The van der Waals surface area contributed by atoms with E-state index in [2.05, 4.69) is 65.6 Å². The molecule has 5 aliphatic carbocycles. The summed E-state index contributed by atoms with van der Waals surface area (Å²) in [7, 11) is 0. The van der Waals surface area contributed by atoms with Gasteiger partial charge in [0.25, 0.3) is 0 Å². The third-order valence-electron chi connectivity index (χ3n) is 14.2. The highest BCUT2D eigenvalue weighted by Gasteiger charge is 2.73. The Labute approximate surface area is 227 Å². The largest absolute Gasteiger partial charge is 0.481 e. The number of nitrogens with two attached hydrogens (primary N) is 1. The molecule has 0 radical (unpaired) electrons. The molecule has 0 aromatic carbocycles. The second-order valence-corrected chi connectivity index (χ2v) is 16.1. The van der Waals surface area contributed by atoms with Crippen LogP contribution in [-0.2, 0) is 21.4 Å². The molecule has 208 valence electrons. The van der Waals surface area contributed by atoms with E-state index in [0.29, 0.717) is 18.7 Å². The van der Waals surface area contributed by atoms with Gasteiger partial charge in [0.15, 0.2) is 5.78 Å². The fourth-order valence-electron chi connectivity index (χ4n) is 10.9. The van der Waals surface area contributed by atoms with E-state index in [9.17, 15) is 14.7 Å². The molecule has 7 atom stereocenters. The van der Waals surface area contributed by atoms with Crippen molar-refractivity contribution in [1.29, 1.82) is 0 Å². The van der Waals surface area contributed by atoms with Crippen LogP contribution in [0.1, 0.15) is 112 Å². The first-order valence-corrected chi connectivity index (χ1v) is 14.7. The molecule has 1 unspecified atom stereocenters. The molecule has 3 saturated carbocycles. The summed E-state index contributed by atoms with van der Waals surface area (Å²) in [6.45, 7) is 18.7. The van der Waals surface area contributed by atoms with Crippen LogP contribution in [-0.4, -0.2) is 27.1 Å². The maximum absolute atomic E-state index is 14.5. The molecule has 0 saturated heterocycles. The van der Waals surface area contributed by atoms with Crippen molar-refractivity contribution < 1.29 is 14.7 Å². The van der Waals surface area contributed by atoms with Gasteiger partial charge in [-0.2, -0.15) is 5.10 Å². The molecule has 5 aliphatic rings. The summed E-state index contributed by atoms with van der Waals surface area (Å²) in [5.41, 5.74) is 8.21. The summed E-state index contributed by atoms with van der Waals surface area (Å²) in [5, 5.41) is 18.3. The van der Waals surface area contributed by atoms with E-state index in [4.69, 9.17) is 5.73 Å². The van der Waals surface area contributed by atoms with E-state index in [1.807, 2.05) is 6.08 Å². The molecule has 0 bridgehead atoms. The normalized spacial score (nSPS) is 46.5. The van der Waals surface area contributed by atoms with Crippen LogP contribution in [0, 0.1) is 44.3 Å². The maximum atomic E-state index is 14.5. The van der Waals surface area contributed by atoms with E-state index in [1.165, 1.54) is 5.57 Å². The Morgan fingerprint density at radius 1 is 0.974 bits per heavy atom. The number of carboxylic acid groups (broad SMARTS) is 1. The predicted molar refractivity (Wildman–Crippen MR) is 148 cm³/mol. The molecule has 38 heavy (non-hydrogen) atoms. The van der Waals surface area contributed by atoms with Crippen LogP contribution in [0.5, 0.6) is 0 Å². The number of nitrogens with zero attached hydrogens (tertiary/aromatic N) is 1. The number of H-pyrrole nitrogens is 1.